The Morgan fingerprint density at radius 2 is 0.569 bits per heavy atom. The lowest BCUT2D eigenvalue weighted by atomic mass is 9.97. The van der Waals surface area contributed by atoms with Gasteiger partial charge in [-0.3, -0.25) is 0 Å². The van der Waals surface area contributed by atoms with Gasteiger partial charge in [0.25, 0.3) is 0 Å². The Labute approximate surface area is 698 Å². The van der Waals surface area contributed by atoms with Gasteiger partial charge in [-0.1, -0.05) is 258 Å². The third kappa shape index (κ3) is 17.2. The molecule has 0 fully saturated rings. The fourth-order valence-electron chi connectivity index (χ4n) is 16.0. The lowest BCUT2D eigenvalue weighted by Gasteiger charge is -2.08. The molecule has 6 heteroatoms. The first-order valence-corrected chi connectivity index (χ1v) is 43.2. The maximum Gasteiger partial charge on any atom is 0.138 e. The highest BCUT2D eigenvalue weighted by Gasteiger charge is 2.15. The number of para-hydroxylation sites is 2. The van der Waals surface area contributed by atoms with Crippen LogP contribution >= 0.6 is 45.3 Å². The fourth-order valence-corrected chi connectivity index (χ4v) is 20.6. The summed E-state index contributed by atoms with van der Waals surface area (Å²) in [6, 6.07) is 108. The van der Waals surface area contributed by atoms with Crippen LogP contribution in [0.3, 0.4) is 0 Å². The van der Waals surface area contributed by atoms with Gasteiger partial charge in [-0.15, -0.1) is 45.3 Å². The van der Waals surface area contributed by atoms with Crippen molar-refractivity contribution in [3.05, 3.63) is 392 Å². The van der Waals surface area contributed by atoms with Crippen LogP contribution in [0.15, 0.2) is 312 Å². The minimum atomic E-state index is 0.973. The first-order chi connectivity index (χ1) is 56.1. The smallest absolute Gasteiger partial charge is 0.138 e. The molecule has 6 aromatic heterocycles. The van der Waals surface area contributed by atoms with Crippen LogP contribution in [0.2, 0.25) is 0 Å². The number of thiophene rings is 4. The van der Waals surface area contributed by atoms with Crippen molar-refractivity contribution < 1.29 is 8.83 Å². The van der Waals surface area contributed by atoms with Gasteiger partial charge in [0, 0.05) is 102 Å². The van der Waals surface area contributed by atoms with E-state index in [2.05, 4.69) is 390 Å². The molecule has 6 heterocycles. The van der Waals surface area contributed by atoms with Crippen LogP contribution in [-0.2, 0) is 0 Å². The van der Waals surface area contributed by atoms with Crippen LogP contribution in [0.25, 0.3) is 146 Å². The lowest BCUT2D eigenvalue weighted by molar-refractivity contribution is 0.665. The van der Waals surface area contributed by atoms with Crippen LogP contribution in [0, 0.1) is 111 Å². The number of hydrogen-bond acceptors (Lipinski definition) is 6. The molecule has 2 nitrogen and oxygen atoms in total. The van der Waals surface area contributed by atoms with Crippen LogP contribution in [0.4, 0.5) is 0 Å². The van der Waals surface area contributed by atoms with Gasteiger partial charge in [0.15, 0.2) is 0 Å². The van der Waals surface area contributed by atoms with Crippen molar-refractivity contribution in [1.29, 1.82) is 0 Å². The summed E-state index contributed by atoms with van der Waals surface area (Å²) in [6.45, 7) is 34.4. The zero-order valence-electron chi connectivity index (χ0n) is 69.3. The highest BCUT2D eigenvalue weighted by molar-refractivity contribution is 7.27. The SMILES string of the molecule is Cc1cc(C)c2oc3ccccc3c2c1.Cc1cc(C)c2sc3ccccc3c2c1.Cc1ccc(C)c2c1oc1ccccc12.Cc1ccc(C)c2c1sc1ccccc12.Cc1ccc2cc(C)ccc2c1.Cc1ccc2sc3ccc(C)cc3c2c1.Cc1ccc2sc3cccc(C)c3c2c1.Cc1ccccc1-c1ccccc1C. The van der Waals surface area contributed by atoms with E-state index in [1.165, 1.54) is 213 Å². The van der Waals surface area contributed by atoms with E-state index in [0.717, 1.165) is 22.3 Å². The van der Waals surface area contributed by atoms with Crippen molar-refractivity contribution in [2.24, 2.45) is 0 Å². The average molecular weight is 1580 g/mol. The first-order valence-electron chi connectivity index (χ1n) is 40.0. The highest BCUT2D eigenvalue weighted by Crippen LogP contribution is 2.42. The molecule has 0 saturated heterocycles. The minimum absolute atomic E-state index is 0.973. The van der Waals surface area contributed by atoms with Gasteiger partial charge in [0.05, 0.1) is 0 Å². The van der Waals surface area contributed by atoms with E-state index >= 15 is 0 Å². The average Bonchev–Trinajstić information content (AvgIpc) is 1.64. The van der Waals surface area contributed by atoms with Gasteiger partial charge < -0.3 is 8.83 Å². The summed E-state index contributed by atoms with van der Waals surface area (Å²) in [4.78, 5) is 0. The summed E-state index contributed by atoms with van der Waals surface area (Å²) in [7, 11) is 0. The Bertz CT molecular complexity index is 6980. The van der Waals surface area contributed by atoms with Crippen molar-refractivity contribution in [3.8, 4) is 11.1 Å². The summed E-state index contributed by atoms with van der Waals surface area (Å²) >= 11 is 7.56. The van der Waals surface area contributed by atoms with E-state index in [1.54, 1.807) is 0 Å². The molecular formula is C110H98O2S4. The molecule has 0 saturated carbocycles. The van der Waals surface area contributed by atoms with Gasteiger partial charge in [-0.2, -0.15) is 0 Å². The molecule has 574 valence electrons. The van der Waals surface area contributed by atoms with Gasteiger partial charge in [-0.25, -0.2) is 0 Å². The molecule has 0 N–H and O–H groups in total. The lowest BCUT2D eigenvalue weighted by Crippen LogP contribution is -1.85. The van der Waals surface area contributed by atoms with Gasteiger partial charge >= 0.3 is 0 Å². The minimum Gasteiger partial charge on any atom is -0.456 e. The molecule has 0 spiro atoms. The summed E-state index contributed by atoms with van der Waals surface area (Å²) in [5.74, 6) is 0. The van der Waals surface area contributed by atoms with Crippen molar-refractivity contribution >= 4 is 181 Å². The van der Waals surface area contributed by atoms with E-state index in [4.69, 9.17) is 8.83 Å². The summed E-state index contributed by atoms with van der Waals surface area (Å²) < 4.78 is 22.9. The second-order valence-corrected chi connectivity index (χ2v) is 35.5. The Hall–Kier alpha value is -11.7. The summed E-state index contributed by atoms with van der Waals surface area (Å²) in [5, 5.41) is 18.9. The molecule has 0 radical (unpaired) electrons. The van der Waals surface area contributed by atoms with Crippen LogP contribution in [-0.4, -0.2) is 0 Å². The zero-order chi connectivity index (χ0) is 81.0. The van der Waals surface area contributed by atoms with Gasteiger partial charge in [0.2, 0.25) is 0 Å². The molecule has 116 heavy (non-hydrogen) atoms. The summed E-state index contributed by atoms with van der Waals surface area (Å²) in [5.41, 5.74) is 27.9. The number of benzene rings is 16. The van der Waals surface area contributed by atoms with E-state index in [-0.39, 0.29) is 0 Å². The highest BCUT2D eigenvalue weighted by atomic mass is 32.1. The van der Waals surface area contributed by atoms with Crippen molar-refractivity contribution in [3.63, 3.8) is 0 Å². The van der Waals surface area contributed by atoms with Crippen molar-refractivity contribution in [2.45, 2.75) is 111 Å². The maximum absolute atomic E-state index is 5.86. The van der Waals surface area contributed by atoms with Crippen LogP contribution in [0.1, 0.15) is 89.0 Å². The maximum atomic E-state index is 5.86. The second kappa shape index (κ2) is 34.8. The van der Waals surface area contributed by atoms with Crippen molar-refractivity contribution in [1.82, 2.24) is 0 Å². The van der Waals surface area contributed by atoms with Gasteiger partial charge in [-0.05, 0) is 267 Å². The molecule has 0 unspecified atom stereocenters. The van der Waals surface area contributed by atoms with E-state index in [0.29, 0.717) is 0 Å². The molecule has 0 bridgehead atoms. The molecule has 22 rings (SSSR count). The van der Waals surface area contributed by atoms with Crippen molar-refractivity contribution in [2.75, 3.05) is 0 Å². The Balaban J connectivity index is 0.000000104. The van der Waals surface area contributed by atoms with E-state index < -0.39 is 0 Å². The van der Waals surface area contributed by atoms with Gasteiger partial charge in [0.1, 0.15) is 22.3 Å². The summed E-state index contributed by atoms with van der Waals surface area (Å²) in [6.07, 6.45) is 0. The normalized spacial score (nSPS) is 11.1. The molecule has 0 atom stereocenters. The number of hydrogen-bond donors (Lipinski definition) is 0. The Kier molecular flexibility index (Phi) is 23.8. The first kappa shape index (κ1) is 79.5. The van der Waals surface area contributed by atoms with Crippen LogP contribution < -0.4 is 0 Å². The molecule has 22 aromatic rings. The number of rotatable bonds is 1. The molecule has 0 aliphatic heterocycles. The molecule has 0 aliphatic carbocycles. The van der Waals surface area contributed by atoms with E-state index in [1.807, 2.05) is 69.6 Å². The number of aryl methyl sites for hydroxylation is 16. The fraction of sp³-hybridized carbons (Fsp3) is 0.145. The third-order valence-corrected chi connectivity index (χ3v) is 26.8. The largest absolute Gasteiger partial charge is 0.456 e. The Morgan fingerprint density at radius 3 is 1.17 bits per heavy atom. The molecule has 0 aliphatic rings. The predicted octanol–water partition coefficient (Wildman–Crippen LogP) is 34.5. The monoisotopic (exact) mass is 1580 g/mol. The standard InChI is InChI=1S/2C14H12O.4C14H12S.C14H14.C12H12/c1-9-7-10(2)14-12(8-9)11-5-3-4-6-13(11)15-14;1-9-7-8-10(2)14-13(9)11-5-3-4-6-12(11)15-14;1-9-3-5-13-11(7-9)12-8-10(2)4-6-14(12)15-13;1-9-6-7-12-11(8-9)14-10(2)4-3-5-13(14)15-12;1-9-7-10(2)14-12(8-9)11-5-3-4-6-13(11)15-14;1-9-7-8-10(2)14-13(9)11-5-3-4-6-12(11)15-14;1-11-7-3-5-9-13(11)14-10-6-4-8-12(14)2;1-9-3-5-12-8-10(2)4-6-11(12)7-9/h6*3-8H,1-2H3;3-10H,1-2H3;3-8H,1-2H3. The topological polar surface area (TPSA) is 26.3 Å². The molecule has 0 amide bonds. The Morgan fingerprint density at radius 1 is 0.181 bits per heavy atom. The second-order valence-electron chi connectivity index (χ2n) is 31.3. The number of fused-ring (bicyclic) bond motifs is 19. The molecule has 16 aromatic carbocycles. The van der Waals surface area contributed by atoms with Crippen LogP contribution in [0.5, 0.6) is 0 Å². The molecular weight excluding hydrogens is 1480 g/mol. The number of furan rings is 2. The van der Waals surface area contributed by atoms with E-state index in [9.17, 15) is 0 Å². The zero-order valence-corrected chi connectivity index (χ0v) is 72.6. The quantitative estimate of drug-likeness (QED) is 0.164. The third-order valence-electron chi connectivity index (χ3n) is 21.8. The predicted molar refractivity (Wildman–Crippen MR) is 516 cm³/mol.